The number of fused-ring (bicyclic) bond motifs is 1. The fraction of sp³-hybridized carbons (Fsp3) is 0.478. The summed E-state index contributed by atoms with van der Waals surface area (Å²) in [6, 6.07) is 11.9. The number of aryl methyl sites for hydroxylation is 1. The molecule has 0 bridgehead atoms. The van der Waals surface area contributed by atoms with Crippen molar-refractivity contribution in [3.63, 3.8) is 0 Å². The van der Waals surface area contributed by atoms with Gasteiger partial charge in [-0.25, -0.2) is 8.42 Å². The van der Waals surface area contributed by atoms with Crippen LogP contribution in [0, 0.1) is 0 Å². The van der Waals surface area contributed by atoms with E-state index >= 15 is 0 Å². The number of benzene rings is 2. The molecule has 0 aliphatic heterocycles. The van der Waals surface area contributed by atoms with E-state index in [2.05, 4.69) is 12.1 Å². The Labute approximate surface area is 189 Å². The SMILES string of the molecule is CCCS(=O)(=O)CCCOc1ccc2c(c1)C(Cc1ccc(Cl)c(Cl)c1)C(N)CC2. The van der Waals surface area contributed by atoms with Crippen LogP contribution in [-0.4, -0.2) is 32.6 Å². The van der Waals surface area contributed by atoms with Crippen LogP contribution in [0.25, 0.3) is 0 Å². The number of hydrogen-bond donors (Lipinski definition) is 1. The molecule has 2 unspecified atom stereocenters. The fourth-order valence-corrected chi connectivity index (χ4v) is 5.76. The predicted molar refractivity (Wildman–Crippen MR) is 125 cm³/mol. The summed E-state index contributed by atoms with van der Waals surface area (Å²) in [7, 11) is -2.97. The van der Waals surface area contributed by atoms with Crippen LogP contribution in [0.2, 0.25) is 10.0 Å². The van der Waals surface area contributed by atoms with Crippen molar-refractivity contribution >= 4 is 33.0 Å². The summed E-state index contributed by atoms with van der Waals surface area (Å²) >= 11 is 12.2. The lowest BCUT2D eigenvalue weighted by atomic mass is 9.76. The second-order valence-corrected chi connectivity index (χ2v) is 11.1. The van der Waals surface area contributed by atoms with E-state index in [0.717, 1.165) is 30.6 Å². The standard InChI is InChI=1S/C23H29Cl2NO3S/c1-2-11-30(27,28)12-3-10-29-18-7-5-17-6-9-23(26)20(19(17)15-18)13-16-4-8-21(24)22(25)14-16/h4-5,7-8,14-15,20,23H,2-3,6,9-13,26H2,1H3. The maximum atomic E-state index is 11.8. The smallest absolute Gasteiger partial charge is 0.150 e. The molecule has 2 aromatic carbocycles. The Bertz CT molecular complexity index is 978. The van der Waals surface area contributed by atoms with E-state index in [1.165, 1.54) is 11.1 Å². The normalized spacial score (nSPS) is 18.8. The third-order valence-corrected chi connectivity index (χ3v) is 8.28. The number of nitrogens with two attached hydrogens (primary N) is 1. The van der Waals surface area contributed by atoms with Crippen LogP contribution in [0.5, 0.6) is 5.75 Å². The number of sulfone groups is 1. The van der Waals surface area contributed by atoms with E-state index in [9.17, 15) is 8.42 Å². The molecule has 3 rings (SSSR count). The summed E-state index contributed by atoms with van der Waals surface area (Å²) in [5.41, 5.74) is 10.1. The number of rotatable bonds is 9. The predicted octanol–water partition coefficient (Wildman–Crippen LogP) is 5.19. The third-order valence-electron chi connectivity index (χ3n) is 5.60. The number of ether oxygens (including phenoxy) is 1. The number of halogens is 2. The van der Waals surface area contributed by atoms with Crippen molar-refractivity contribution in [3.8, 4) is 5.75 Å². The van der Waals surface area contributed by atoms with Crippen LogP contribution in [0.15, 0.2) is 36.4 Å². The molecule has 2 aromatic rings. The topological polar surface area (TPSA) is 69.4 Å². The molecule has 2 atom stereocenters. The molecule has 0 fully saturated rings. The second kappa shape index (κ2) is 10.4. The fourth-order valence-electron chi connectivity index (χ4n) is 4.05. The average molecular weight is 470 g/mol. The molecule has 164 valence electrons. The Morgan fingerprint density at radius 1 is 1.10 bits per heavy atom. The highest BCUT2D eigenvalue weighted by Gasteiger charge is 2.28. The van der Waals surface area contributed by atoms with E-state index in [1.807, 2.05) is 31.2 Å². The maximum Gasteiger partial charge on any atom is 0.150 e. The van der Waals surface area contributed by atoms with E-state index in [0.29, 0.717) is 29.5 Å². The molecule has 0 saturated heterocycles. The Morgan fingerprint density at radius 2 is 1.90 bits per heavy atom. The summed E-state index contributed by atoms with van der Waals surface area (Å²) in [6.45, 7) is 2.26. The maximum absolute atomic E-state index is 11.8. The molecular weight excluding hydrogens is 441 g/mol. The summed E-state index contributed by atoms with van der Waals surface area (Å²) < 4.78 is 29.6. The van der Waals surface area contributed by atoms with Crippen molar-refractivity contribution < 1.29 is 13.2 Å². The van der Waals surface area contributed by atoms with Gasteiger partial charge in [-0.05, 0) is 73.1 Å². The zero-order valence-electron chi connectivity index (χ0n) is 17.2. The van der Waals surface area contributed by atoms with Crippen LogP contribution < -0.4 is 10.5 Å². The summed E-state index contributed by atoms with van der Waals surface area (Å²) in [4.78, 5) is 0. The lowest BCUT2D eigenvalue weighted by Gasteiger charge is -2.32. The van der Waals surface area contributed by atoms with Gasteiger partial charge in [0.2, 0.25) is 0 Å². The van der Waals surface area contributed by atoms with Gasteiger partial charge in [-0.1, -0.05) is 42.3 Å². The molecule has 4 nitrogen and oxygen atoms in total. The Balaban J connectivity index is 1.69. The van der Waals surface area contributed by atoms with Crippen molar-refractivity contribution in [3.05, 3.63) is 63.1 Å². The van der Waals surface area contributed by atoms with E-state index in [4.69, 9.17) is 33.7 Å². The first kappa shape index (κ1) is 23.4. The van der Waals surface area contributed by atoms with Gasteiger partial charge in [-0.2, -0.15) is 0 Å². The Morgan fingerprint density at radius 3 is 2.63 bits per heavy atom. The molecule has 0 heterocycles. The summed E-state index contributed by atoms with van der Waals surface area (Å²) in [6.07, 6.45) is 3.81. The molecule has 2 N–H and O–H groups in total. The van der Waals surface area contributed by atoms with Gasteiger partial charge < -0.3 is 10.5 Å². The highest BCUT2D eigenvalue weighted by Crippen LogP contribution is 2.36. The van der Waals surface area contributed by atoms with Gasteiger partial charge >= 0.3 is 0 Å². The molecule has 0 aromatic heterocycles. The molecule has 0 radical (unpaired) electrons. The second-order valence-electron chi connectivity index (χ2n) is 7.98. The zero-order chi connectivity index (χ0) is 21.7. The molecule has 30 heavy (non-hydrogen) atoms. The van der Waals surface area contributed by atoms with E-state index in [-0.39, 0.29) is 23.5 Å². The highest BCUT2D eigenvalue weighted by atomic mass is 35.5. The Hall–Kier alpha value is -1.27. The molecule has 1 aliphatic rings. The van der Waals surface area contributed by atoms with Gasteiger partial charge in [0.15, 0.2) is 0 Å². The number of hydrogen-bond acceptors (Lipinski definition) is 4. The molecule has 0 spiro atoms. The Kier molecular flexibility index (Phi) is 8.08. The van der Waals surface area contributed by atoms with Crippen molar-refractivity contribution in [1.29, 1.82) is 0 Å². The van der Waals surface area contributed by atoms with Crippen LogP contribution in [-0.2, 0) is 22.7 Å². The average Bonchev–Trinajstić information content (AvgIpc) is 2.70. The molecule has 1 aliphatic carbocycles. The first-order valence-corrected chi connectivity index (χ1v) is 13.0. The zero-order valence-corrected chi connectivity index (χ0v) is 19.6. The summed E-state index contributed by atoms with van der Waals surface area (Å²) in [5, 5.41) is 1.10. The first-order chi connectivity index (χ1) is 14.3. The van der Waals surface area contributed by atoms with Gasteiger partial charge in [0.25, 0.3) is 0 Å². The van der Waals surface area contributed by atoms with E-state index in [1.54, 1.807) is 0 Å². The van der Waals surface area contributed by atoms with Gasteiger partial charge in [0.05, 0.1) is 22.4 Å². The van der Waals surface area contributed by atoms with Gasteiger partial charge in [-0.3, -0.25) is 0 Å². The minimum Gasteiger partial charge on any atom is -0.494 e. The molecule has 7 heteroatoms. The summed E-state index contributed by atoms with van der Waals surface area (Å²) in [5.74, 6) is 1.32. The van der Waals surface area contributed by atoms with Gasteiger partial charge in [0, 0.05) is 17.7 Å². The van der Waals surface area contributed by atoms with Gasteiger partial charge in [0.1, 0.15) is 15.6 Å². The van der Waals surface area contributed by atoms with Crippen molar-refractivity contribution in [2.24, 2.45) is 5.73 Å². The van der Waals surface area contributed by atoms with E-state index < -0.39 is 9.84 Å². The molecular formula is C23H29Cl2NO3S. The lowest BCUT2D eigenvalue weighted by molar-refractivity contribution is 0.316. The molecule has 0 amide bonds. The minimum atomic E-state index is -2.97. The highest BCUT2D eigenvalue weighted by molar-refractivity contribution is 7.91. The first-order valence-electron chi connectivity index (χ1n) is 10.4. The van der Waals surface area contributed by atoms with Gasteiger partial charge in [-0.15, -0.1) is 0 Å². The minimum absolute atomic E-state index is 0.0568. The quantitative estimate of drug-likeness (QED) is 0.513. The van der Waals surface area contributed by atoms with Crippen molar-refractivity contribution in [2.45, 2.75) is 51.0 Å². The third kappa shape index (κ3) is 6.13. The van der Waals surface area contributed by atoms with Crippen LogP contribution in [0.3, 0.4) is 0 Å². The van der Waals surface area contributed by atoms with Crippen LogP contribution >= 0.6 is 23.2 Å². The largest absolute Gasteiger partial charge is 0.494 e. The molecule has 0 saturated carbocycles. The van der Waals surface area contributed by atoms with Crippen LogP contribution in [0.4, 0.5) is 0 Å². The van der Waals surface area contributed by atoms with Crippen LogP contribution in [0.1, 0.15) is 48.8 Å². The van der Waals surface area contributed by atoms with Crippen molar-refractivity contribution in [2.75, 3.05) is 18.1 Å². The monoisotopic (exact) mass is 469 g/mol. The van der Waals surface area contributed by atoms with Crippen molar-refractivity contribution in [1.82, 2.24) is 0 Å². The lowest BCUT2D eigenvalue weighted by Crippen LogP contribution is -2.34.